The van der Waals surface area contributed by atoms with Crippen LogP contribution < -0.4 is 0 Å². The molecule has 1 spiro atoms. The van der Waals surface area contributed by atoms with Gasteiger partial charge >= 0.3 is 16.3 Å². The molecule has 2 fully saturated rings. The molecule has 1 saturated carbocycles. The fourth-order valence-electron chi connectivity index (χ4n) is 2.64. The number of carbonyl (C=O) groups is 1. The molecule has 1 amide bonds. The first kappa shape index (κ1) is 13.6. The molecule has 1 aliphatic heterocycles. The Morgan fingerprint density at radius 1 is 1.39 bits per heavy atom. The molecule has 5 nitrogen and oxygen atoms in total. The molecule has 0 bridgehead atoms. The predicted molar refractivity (Wildman–Crippen MR) is 63.3 cm³/mol. The summed E-state index contributed by atoms with van der Waals surface area (Å²) in [5.74, 6) is 0. The lowest BCUT2D eigenvalue weighted by Gasteiger charge is -2.58. The van der Waals surface area contributed by atoms with Gasteiger partial charge in [0.05, 0.1) is 5.25 Å². The third-order valence-corrected chi connectivity index (χ3v) is 5.01. The summed E-state index contributed by atoms with van der Waals surface area (Å²) in [7, 11) is -4.50. The van der Waals surface area contributed by atoms with Crippen molar-refractivity contribution in [2.24, 2.45) is 5.41 Å². The number of carbonyl (C=O) groups excluding carboxylic acids is 1. The molecular weight excluding hydrogens is 261 g/mol. The van der Waals surface area contributed by atoms with Gasteiger partial charge in [-0.1, -0.05) is 0 Å². The highest BCUT2D eigenvalue weighted by molar-refractivity contribution is 7.87. The van der Waals surface area contributed by atoms with Crippen LogP contribution in [0.2, 0.25) is 0 Å². The standard InChI is InChI=1S/C11H18FNO4S/c1-10(2,3)17-9(14)13-6-11(7-13)5-4-8(11)18(12,15)16/h8H,4-7H2,1-3H3. The maximum atomic E-state index is 13.0. The van der Waals surface area contributed by atoms with Gasteiger partial charge < -0.3 is 9.64 Å². The van der Waals surface area contributed by atoms with Crippen LogP contribution in [0.15, 0.2) is 0 Å². The van der Waals surface area contributed by atoms with Gasteiger partial charge in [0.2, 0.25) is 0 Å². The average Bonchev–Trinajstić information content (AvgIpc) is 1.90. The van der Waals surface area contributed by atoms with Gasteiger partial charge in [-0.05, 0) is 33.6 Å². The van der Waals surface area contributed by atoms with Crippen molar-refractivity contribution in [2.45, 2.75) is 44.5 Å². The van der Waals surface area contributed by atoms with Crippen LogP contribution in [0.25, 0.3) is 0 Å². The molecule has 1 atom stereocenters. The Hall–Kier alpha value is -0.850. The van der Waals surface area contributed by atoms with Crippen LogP contribution in [-0.2, 0) is 15.0 Å². The van der Waals surface area contributed by atoms with E-state index < -0.39 is 32.6 Å². The number of hydrogen-bond donors (Lipinski definition) is 0. The summed E-state index contributed by atoms with van der Waals surface area (Å²) in [5, 5.41) is -0.941. The van der Waals surface area contributed by atoms with Crippen molar-refractivity contribution >= 4 is 16.3 Å². The van der Waals surface area contributed by atoms with Crippen molar-refractivity contribution in [3.8, 4) is 0 Å². The van der Waals surface area contributed by atoms with Crippen molar-refractivity contribution in [1.29, 1.82) is 0 Å². The molecule has 1 unspecified atom stereocenters. The summed E-state index contributed by atoms with van der Waals surface area (Å²) in [6.07, 6.45) is 0.538. The third-order valence-electron chi connectivity index (χ3n) is 3.59. The Balaban J connectivity index is 1.93. The van der Waals surface area contributed by atoms with Gasteiger partial charge in [-0.2, -0.15) is 8.42 Å². The molecule has 7 heteroatoms. The largest absolute Gasteiger partial charge is 0.444 e. The first-order chi connectivity index (χ1) is 8.04. The highest BCUT2D eigenvalue weighted by Gasteiger charge is 2.61. The van der Waals surface area contributed by atoms with E-state index in [4.69, 9.17) is 4.74 Å². The van der Waals surface area contributed by atoms with E-state index in [1.54, 1.807) is 20.8 Å². The summed E-state index contributed by atoms with van der Waals surface area (Å²) in [6.45, 7) is 5.83. The minimum absolute atomic E-state index is 0.274. The Morgan fingerprint density at radius 2 is 1.94 bits per heavy atom. The number of hydrogen-bond acceptors (Lipinski definition) is 4. The van der Waals surface area contributed by atoms with Crippen molar-refractivity contribution in [3.05, 3.63) is 0 Å². The Kier molecular flexibility index (Phi) is 2.88. The van der Waals surface area contributed by atoms with Gasteiger partial charge in [0.25, 0.3) is 0 Å². The maximum Gasteiger partial charge on any atom is 0.410 e. The van der Waals surface area contributed by atoms with E-state index >= 15 is 0 Å². The number of likely N-dealkylation sites (tertiary alicyclic amines) is 1. The molecule has 104 valence electrons. The van der Waals surface area contributed by atoms with Crippen LogP contribution >= 0.6 is 0 Å². The van der Waals surface area contributed by atoms with Gasteiger partial charge in [0.15, 0.2) is 0 Å². The smallest absolute Gasteiger partial charge is 0.410 e. The molecule has 18 heavy (non-hydrogen) atoms. The number of halogens is 1. The zero-order valence-corrected chi connectivity index (χ0v) is 11.6. The molecule has 2 rings (SSSR count). The van der Waals surface area contributed by atoms with Crippen molar-refractivity contribution < 1.29 is 21.8 Å². The quantitative estimate of drug-likeness (QED) is 0.685. The van der Waals surface area contributed by atoms with E-state index in [1.165, 1.54) is 4.90 Å². The fraction of sp³-hybridized carbons (Fsp3) is 0.909. The van der Waals surface area contributed by atoms with E-state index in [0.717, 1.165) is 0 Å². The molecule has 0 aromatic carbocycles. The molecule has 0 aromatic heterocycles. The number of amides is 1. The zero-order chi connectivity index (χ0) is 13.8. The molecule has 2 aliphatic rings. The predicted octanol–water partition coefficient (Wildman–Crippen LogP) is 1.69. The summed E-state index contributed by atoms with van der Waals surface area (Å²) in [4.78, 5) is 13.1. The lowest BCUT2D eigenvalue weighted by Crippen LogP contribution is -2.69. The zero-order valence-electron chi connectivity index (χ0n) is 10.8. The second kappa shape index (κ2) is 3.82. The van der Waals surface area contributed by atoms with E-state index in [2.05, 4.69) is 0 Å². The second-order valence-electron chi connectivity index (χ2n) is 6.20. The van der Waals surface area contributed by atoms with E-state index in [1.807, 2.05) is 0 Å². The van der Waals surface area contributed by atoms with Crippen molar-refractivity contribution in [1.82, 2.24) is 4.90 Å². The molecular formula is C11H18FNO4S. The van der Waals surface area contributed by atoms with E-state index in [-0.39, 0.29) is 13.1 Å². The van der Waals surface area contributed by atoms with E-state index in [9.17, 15) is 17.1 Å². The van der Waals surface area contributed by atoms with Gasteiger partial charge in [0.1, 0.15) is 5.60 Å². The summed E-state index contributed by atoms with van der Waals surface area (Å²) in [5.41, 5.74) is -1.14. The van der Waals surface area contributed by atoms with Crippen molar-refractivity contribution in [2.75, 3.05) is 13.1 Å². The normalized spacial score (nSPS) is 26.4. The summed E-state index contributed by atoms with van der Waals surface area (Å²) >= 11 is 0. The third kappa shape index (κ3) is 2.32. The van der Waals surface area contributed by atoms with Crippen LogP contribution in [0.1, 0.15) is 33.6 Å². The minimum Gasteiger partial charge on any atom is -0.444 e. The molecule has 1 heterocycles. The van der Waals surface area contributed by atoms with Crippen LogP contribution in [0.5, 0.6) is 0 Å². The SMILES string of the molecule is CC(C)(C)OC(=O)N1CC2(CCC2S(=O)(=O)F)C1. The molecule has 0 N–H and O–H groups in total. The lowest BCUT2D eigenvalue weighted by atomic mass is 9.63. The van der Waals surface area contributed by atoms with Crippen LogP contribution in [0.4, 0.5) is 8.68 Å². The van der Waals surface area contributed by atoms with Gasteiger partial charge in [-0.15, -0.1) is 3.89 Å². The minimum atomic E-state index is -4.50. The van der Waals surface area contributed by atoms with Gasteiger partial charge in [-0.3, -0.25) is 0 Å². The summed E-state index contributed by atoms with van der Waals surface area (Å²) in [6, 6.07) is 0. The first-order valence-electron chi connectivity index (χ1n) is 5.95. The maximum absolute atomic E-state index is 13.0. The van der Waals surface area contributed by atoms with E-state index in [0.29, 0.717) is 12.8 Å². The van der Waals surface area contributed by atoms with Crippen LogP contribution in [-0.4, -0.2) is 43.4 Å². The monoisotopic (exact) mass is 279 g/mol. The Morgan fingerprint density at radius 3 is 2.28 bits per heavy atom. The number of rotatable bonds is 1. The average molecular weight is 279 g/mol. The summed E-state index contributed by atoms with van der Waals surface area (Å²) < 4.78 is 40.0. The van der Waals surface area contributed by atoms with Gasteiger partial charge in [-0.25, -0.2) is 4.79 Å². The first-order valence-corrected chi connectivity index (χ1v) is 7.40. The van der Waals surface area contributed by atoms with Crippen LogP contribution in [0.3, 0.4) is 0 Å². The molecule has 0 aromatic rings. The second-order valence-corrected chi connectivity index (χ2v) is 7.72. The van der Waals surface area contributed by atoms with Crippen LogP contribution in [0, 0.1) is 5.41 Å². The Bertz CT molecular complexity index is 462. The Labute approximate surface area is 106 Å². The van der Waals surface area contributed by atoms with Crippen molar-refractivity contribution in [3.63, 3.8) is 0 Å². The molecule has 1 aliphatic carbocycles. The number of ether oxygens (including phenoxy) is 1. The highest BCUT2D eigenvalue weighted by Crippen LogP contribution is 2.52. The highest BCUT2D eigenvalue weighted by atomic mass is 32.3. The van der Waals surface area contributed by atoms with Gasteiger partial charge in [0, 0.05) is 18.5 Å². The fourth-order valence-corrected chi connectivity index (χ4v) is 3.90. The lowest BCUT2D eigenvalue weighted by molar-refractivity contribution is -0.0666. The number of nitrogens with zero attached hydrogens (tertiary/aromatic N) is 1. The molecule has 1 saturated heterocycles. The topological polar surface area (TPSA) is 63.7 Å². The molecule has 0 radical (unpaired) electrons.